The largest absolute Gasteiger partial charge is 0.481 e. The fraction of sp³-hybridized carbons (Fsp3) is 0.591. The molecule has 1 aliphatic heterocycles. The molecule has 1 saturated heterocycles. The molecule has 0 aliphatic carbocycles. The van der Waals surface area contributed by atoms with Gasteiger partial charge in [-0.1, -0.05) is 55.5 Å². The number of carboxylic acid groups (broad SMARTS) is 1. The second kappa shape index (κ2) is 14.3. The lowest BCUT2D eigenvalue weighted by Gasteiger charge is -2.16. The lowest BCUT2D eigenvalue weighted by molar-refractivity contribution is -0.136. The van der Waals surface area contributed by atoms with Gasteiger partial charge in [-0.15, -0.1) is 0 Å². The van der Waals surface area contributed by atoms with E-state index in [2.05, 4.69) is 19.1 Å². The van der Waals surface area contributed by atoms with Crippen molar-refractivity contribution >= 4 is 5.97 Å². The van der Waals surface area contributed by atoms with Crippen molar-refractivity contribution < 1.29 is 30.0 Å². The number of rotatable bonds is 13. The summed E-state index contributed by atoms with van der Waals surface area (Å²) in [6.07, 6.45) is 15.1. The predicted octanol–water partition coefficient (Wildman–Crippen LogP) is 2.90. The summed E-state index contributed by atoms with van der Waals surface area (Å²) >= 11 is 0. The molecule has 1 fully saturated rings. The van der Waals surface area contributed by atoms with Crippen LogP contribution in [0.25, 0.3) is 0 Å². The summed E-state index contributed by atoms with van der Waals surface area (Å²) in [7, 11) is 0. The lowest BCUT2D eigenvalue weighted by Crippen LogP contribution is -2.24. The minimum atomic E-state index is -0.901. The molecular weight excluding hydrogens is 360 g/mol. The summed E-state index contributed by atoms with van der Waals surface area (Å²) in [5, 5.41) is 38.8. The molecule has 5 atom stereocenters. The molecule has 0 bridgehead atoms. The van der Waals surface area contributed by atoms with Gasteiger partial charge in [-0.25, -0.2) is 0 Å². The van der Waals surface area contributed by atoms with E-state index in [0.29, 0.717) is 25.7 Å². The van der Waals surface area contributed by atoms with Crippen LogP contribution in [-0.4, -0.2) is 56.9 Å². The second-order valence-corrected chi connectivity index (χ2v) is 6.92. The number of aliphatic carboxylic acids is 1. The maximum absolute atomic E-state index is 10.5. The molecule has 4 N–H and O–H groups in total. The fourth-order valence-corrected chi connectivity index (χ4v) is 2.87. The van der Waals surface area contributed by atoms with Gasteiger partial charge in [0.25, 0.3) is 0 Å². The van der Waals surface area contributed by atoms with Crippen LogP contribution in [0.15, 0.2) is 48.6 Å². The van der Waals surface area contributed by atoms with E-state index in [0.717, 1.165) is 12.8 Å². The lowest BCUT2D eigenvalue weighted by atomic mass is 10.0. The second-order valence-electron chi connectivity index (χ2n) is 6.92. The van der Waals surface area contributed by atoms with Gasteiger partial charge >= 0.3 is 5.97 Å². The Kier molecular flexibility index (Phi) is 12.4. The average Bonchev–Trinajstić information content (AvgIpc) is 3.03. The van der Waals surface area contributed by atoms with Crippen LogP contribution in [0.4, 0.5) is 0 Å². The highest BCUT2D eigenvalue weighted by atomic mass is 16.5. The van der Waals surface area contributed by atoms with E-state index in [1.165, 1.54) is 6.08 Å². The summed E-state index contributed by atoms with van der Waals surface area (Å²) in [6.45, 7) is 2.08. The molecule has 0 aromatic carbocycles. The van der Waals surface area contributed by atoms with Crippen LogP contribution < -0.4 is 0 Å². The van der Waals surface area contributed by atoms with Crippen LogP contribution in [0.2, 0.25) is 0 Å². The predicted molar refractivity (Wildman–Crippen MR) is 109 cm³/mol. The topological polar surface area (TPSA) is 107 Å². The van der Waals surface area contributed by atoms with Crippen molar-refractivity contribution in [2.75, 3.05) is 0 Å². The summed E-state index contributed by atoms with van der Waals surface area (Å²) in [4.78, 5) is 10.5. The first-order valence-corrected chi connectivity index (χ1v) is 9.98. The van der Waals surface area contributed by atoms with Crippen LogP contribution in [0, 0.1) is 0 Å². The van der Waals surface area contributed by atoms with Gasteiger partial charge in [0, 0.05) is 12.8 Å². The number of ether oxygens (including phenoxy) is 1. The molecule has 1 aliphatic rings. The zero-order valence-electron chi connectivity index (χ0n) is 16.6. The third-order valence-electron chi connectivity index (χ3n) is 4.44. The van der Waals surface area contributed by atoms with Crippen molar-refractivity contribution in [1.29, 1.82) is 0 Å². The zero-order valence-corrected chi connectivity index (χ0v) is 16.6. The minimum Gasteiger partial charge on any atom is -0.481 e. The van der Waals surface area contributed by atoms with Crippen molar-refractivity contribution in [2.24, 2.45) is 0 Å². The molecular formula is C22H34O6. The van der Waals surface area contributed by atoms with E-state index in [1.807, 2.05) is 12.2 Å². The molecule has 0 spiro atoms. The molecule has 1 rings (SSSR count). The van der Waals surface area contributed by atoms with E-state index >= 15 is 0 Å². The normalized spacial score (nSPS) is 25.5. The molecule has 158 valence electrons. The number of aliphatic hydroxyl groups is 3. The first kappa shape index (κ1) is 24.3. The first-order valence-electron chi connectivity index (χ1n) is 9.98. The van der Waals surface area contributed by atoms with Gasteiger partial charge in [0.1, 0.15) is 0 Å². The summed E-state index contributed by atoms with van der Waals surface area (Å²) in [5.41, 5.74) is 0. The molecule has 28 heavy (non-hydrogen) atoms. The van der Waals surface area contributed by atoms with Gasteiger partial charge in [-0.05, 0) is 32.1 Å². The van der Waals surface area contributed by atoms with Crippen molar-refractivity contribution in [2.45, 2.75) is 82.4 Å². The number of carboxylic acids is 1. The number of allylic oxidation sites excluding steroid dienone is 4. The van der Waals surface area contributed by atoms with E-state index in [9.17, 15) is 20.1 Å². The molecule has 0 saturated carbocycles. The quantitative estimate of drug-likeness (QED) is 0.358. The molecule has 0 aromatic heterocycles. The Morgan fingerprint density at radius 3 is 2.57 bits per heavy atom. The number of carbonyl (C=O) groups is 1. The van der Waals surface area contributed by atoms with Crippen LogP contribution in [0.5, 0.6) is 0 Å². The van der Waals surface area contributed by atoms with Crippen molar-refractivity contribution in [3.63, 3.8) is 0 Å². The molecule has 0 unspecified atom stereocenters. The number of aliphatic hydroxyl groups excluding tert-OH is 3. The summed E-state index contributed by atoms with van der Waals surface area (Å²) < 4.78 is 5.71. The van der Waals surface area contributed by atoms with Gasteiger partial charge in [-0.2, -0.15) is 0 Å². The number of hydrogen-bond acceptors (Lipinski definition) is 5. The third-order valence-corrected chi connectivity index (χ3v) is 4.44. The molecule has 0 amide bonds. The first-order chi connectivity index (χ1) is 13.4. The van der Waals surface area contributed by atoms with E-state index in [1.54, 1.807) is 18.2 Å². The molecule has 0 radical (unpaired) electrons. The van der Waals surface area contributed by atoms with Crippen molar-refractivity contribution in [3.8, 4) is 0 Å². The Labute approximate surface area is 167 Å². The third kappa shape index (κ3) is 10.6. The van der Waals surface area contributed by atoms with Gasteiger partial charge in [-0.3, -0.25) is 4.79 Å². The van der Waals surface area contributed by atoms with Crippen LogP contribution in [0.1, 0.15) is 51.9 Å². The summed E-state index contributed by atoms with van der Waals surface area (Å²) in [5.74, 6) is -0.845. The maximum atomic E-state index is 10.5. The van der Waals surface area contributed by atoms with Crippen LogP contribution in [0.3, 0.4) is 0 Å². The standard InChI is InChI=1S/C22H34O6/c1-2-3-4-5-6-8-11-17(23)14-15-18(24)21-16-19(25)20(28-21)12-9-7-10-13-22(26)27/h3-4,6-9,14-15,17-21,23-25H,2,5,10-13,16H2,1H3,(H,26,27)/b4-3-,8-6-,9-7-,15-14+/t17-,18-,19-,20-,21+/m0/s1. The molecule has 6 nitrogen and oxygen atoms in total. The molecule has 1 heterocycles. The molecule has 0 aromatic rings. The Morgan fingerprint density at radius 2 is 1.86 bits per heavy atom. The Balaban J connectivity index is 2.33. The van der Waals surface area contributed by atoms with Gasteiger partial charge < -0.3 is 25.2 Å². The van der Waals surface area contributed by atoms with Crippen molar-refractivity contribution in [1.82, 2.24) is 0 Å². The molecule has 6 heteroatoms. The smallest absolute Gasteiger partial charge is 0.303 e. The minimum absolute atomic E-state index is 0.0731. The highest BCUT2D eigenvalue weighted by Crippen LogP contribution is 2.26. The van der Waals surface area contributed by atoms with Crippen LogP contribution >= 0.6 is 0 Å². The van der Waals surface area contributed by atoms with Gasteiger partial charge in [0.15, 0.2) is 0 Å². The SMILES string of the molecule is CC/C=C\C/C=C\C[C@H](O)/C=C/[C@H](O)[C@H]1C[C@H](O)[C@H](C/C=C\CCC(=O)O)O1. The average molecular weight is 395 g/mol. The van der Waals surface area contributed by atoms with E-state index in [4.69, 9.17) is 9.84 Å². The van der Waals surface area contributed by atoms with E-state index < -0.39 is 36.5 Å². The Hall–Kier alpha value is -1.73. The Morgan fingerprint density at radius 1 is 1.11 bits per heavy atom. The monoisotopic (exact) mass is 394 g/mol. The Bertz CT molecular complexity index is 551. The summed E-state index contributed by atoms with van der Waals surface area (Å²) in [6, 6.07) is 0. The van der Waals surface area contributed by atoms with E-state index in [-0.39, 0.29) is 6.42 Å². The van der Waals surface area contributed by atoms with Crippen molar-refractivity contribution in [3.05, 3.63) is 48.6 Å². The maximum Gasteiger partial charge on any atom is 0.303 e. The highest BCUT2D eigenvalue weighted by molar-refractivity contribution is 5.66. The number of hydrogen-bond donors (Lipinski definition) is 4. The van der Waals surface area contributed by atoms with Gasteiger partial charge in [0.2, 0.25) is 0 Å². The van der Waals surface area contributed by atoms with Gasteiger partial charge in [0.05, 0.1) is 30.5 Å². The highest BCUT2D eigenvalue weighted by Gasteiger charge is 2.36. The zero-order chi connectivity index (χ0) is 20.8. The van der Waals surface area contributed by atoms with Crippen LogP contribution in [-0.2, 0) is 9.53 Å². The fourth-order valence-electron chi connectivity index (χ4n) is 2.87.